The predicted octanol–water partition coefficient (Wildman–Crippen LogP) is 3.90. The molecule has 2 aliphatic heterocycles. The van der Waals surface area contributed by atoms with Crippen molar-refractivity contribution in [1.29, 1.82) is 0 Å². The van der Waals surface area contributed by atoms with E-state index < -0.39 is 27.8 Å². The van der Waals surface area contributed by atoms with Crippen molar-refractivity contribution in [1.82, 2.24) is 4.90 Å². The third-order valence-electron chi connectivity index (χ3n) is 6.31. The molecule has 0 unspecified atom stereocenters. The highest BCUT2D eigenvalue weighted by Gasteiger charge is 2.48. The van der Waals surface area contributed by atoms with Crippen LogP contribution >= 0.6 is 15.9 Å². The van der Waals surface area contributed by atoms with Crippen LogP contribution in [0.5, 0.6) is 0 Å². The monoisotopic (exact) mass is 501 g/mol. The lowest BCUT2D eigenvalue weighted by atomic mass is 9.97. The zero-order chi connectivity index (χ0) is 22.1. The average molecular weight is 502 g/mol. The fourth-order valence-electron chi connectivity index (χ4n) is 4.59. The molecule has 0 saturated carbocycles. The first kappa shape index (κ1) is 20.5. The lowest BCUT2D eigenvalue weighted by Gasteiger charge is -2.30. The summed E-state index contributed by atoms with van der Waals surface area (Å²) >= 11 is 3.42. The number of rotatable bonds is 2. The quantitative estimate of drug-likeness (QED) is 0.531. The topological polar surface area (TPSA) is 84.7 Å². The van der Waals surface area contributed by atoms with Crippen molar-refractivity contribution in [2.75, 3.05) is 11.5 Å². The highest BCUT2D eigenvalue weighted by Crippen LogP contribution is 2.41. The van der Waals surface area contributed by atoms with Crippen molar-refractivity contribution in [3.8, 4) is 0 Å². The van der Waals surface area contributed by atoms with Crippen LogP contribution < -0.4 is 5.43 Å². The van der Waals surface area contributed by atoms with E-state index >= 15 is 0 Å². The predicted molar refractivity (Wildman–Crippen MR) is 121 cm³/mol. The van der Waals surface area contributed by atoms with Gasteiger partial charge in [0, 0.05) is 10.5 Å². The number of amides is 1. The zero-order valence-electron chi connectivity index (χ0n) is 17.0. The first-order chi connectivity index (χ1) is 14.7. The molecule has 2 aromatic carbocycles. The van der Waals surface area contributed by atoms with E-state index in [4.69, 9.17) is 4.42 Å². The third kappa shape index (κ3) is 3.24. The Morgan fingerprint density at radius 1 is 1.06 bits per heavy atom. The molecule has 160 valence electrons. The van der Waals surface area contributed by atoms with E-state index in [0.717, 1.165) is 21.2 Å². The number of aryl methyl sites for hydroxylation is 2. The number of sulfone groups is 1. The number of carbonyl (C=O) groups excluding carboxylic acids is 1. The van der Waals surface area contributed by atoms with Gasteiger partial charge in [0.1, 0.15) is 5.58 Å². The largest absolute Gasteiger partial charge is 0.450 e. The molecule has 2 atom stereocenters. The van der Waals surface area contributed by atoms with Crippen LogP contribution in [0.15, 0.2) is 50.1 Å². The summed E-state index contributed by atoms with van der Waals surface area (Å²) in [5.41, 5.74) is 3.08. The van der Waals surface area contributed by atoms with Crippen LogP contribution in [0.25, 0.3) is 11.0 Å². The molecule has 5 rings (SSSR count). The normalized spacial score (nSPS) is 22.3. The van der Waals surface area contributed by atoms with Crippen molar-refractivity contribution in [2.24, 2.45) is 0 Å². The molecule has 1 amide bonds. The molecule has 0 bridgehead atoms. The second-order valence-electron chi connectivity index (χ2n) is 8.33. The highest BCUT2D eigenvalue weighted by molar-refractivity contribution is 9.10. The van der Waals surface area contributed by atoms with E-state index in [9.17, 15) is 18.0 Å². The molecule has 1 saturated heterocycles. The minimum atomic E-state index is -3.23. The SMILES string of the molecule is Cc1cc2oc3c(c(=O)c2cc1C)[C@H](c1ccc(Br)cc1)N([C@H]1CCS(=O)(=O)C1)C3=O. The van der Waals surface area contributed by atoms with Gasteiger partial charge in [-0.05, 0) is 61.2 Å². The number of fused-ring (bicyclic) bond motifs is 2. The Morgan fingerprint density at radius 3 is 2.39 bits per heavy atom. The van der Waals surface area contributed by atoms with Crippen LogP contribution in [0, 0.1) is 13.8 Å². The fraction of sp³-hybridized carbons (Fsp3) is 0.304. The average Bonchev–Trinajstić information content (AvgIpc) is 3.21. The number of benzene rings is 2. The van der Waals surface area contributed by atoms with Gasteiger partial charge in [-0.25, -0.2) is 8.42 Å². The van der Waals surface area contributed by atoms with Gasteiger partial charge in [-0.15, -0.1) is 0 Å². The Labute approximate surface area is 187 Å². The first-order valence-corrected chi connectivity index (χ1v) is 12.6. The summed E-state index contributed by atoms with van der Waals surface area (Å²) in [7, 11) is -3.23. The molecule has 31 heavy (non-hydrogen) atoms. The molecule has 8 heteroatoms. The maximum absolute atomic E-state index is 13.6. The summed E-state index contributed by atoms with van der Waals surface area (Å²) in [4.78, 5) is 28.6. The maximum atomic E-state index is 13.6. The Kier molecular flexibility index (Phi) is 4.64. The van der Waals surface area contributed by atoms with Gasteiger partial charge < -0.3 is 9.32 Å². The molecule has 0 radical (unpaired) electrons. The maximum Gasteiger partial charge on any atom is 0.291 e. The molecule has 2 aliphatic rings. The summed E-state index contributed by atoms with van der Waals surface area (Å²) < 4.78 is 31.2. The second-order valence-corrected chi connectivity index (χ2v) is 11.5. The smallest absolute Gasteiger partial charge is 0.291 e. The first-order valence-electron chi connectivity index (χ1n) is 10.0. The van der Waals surface area contributed by atoms with Gasteiger partial charge in [-0.2, -0.15) is 0 Å². The number of carbonyl (C=O) groups is 1. The molecule has 1 aromatic heterocycles. The molecule has 6 nitrogen and oxygen atoms in total. The molecule has 0 spiro atoms. The number of hydrogen-bond acceptors (Lipinski definition) is 5. The van der Waals surface area contributed by atoms with Gasteiger partial charge in [0.15, 0.2) is 15.3 Å². The van der Waals surface area contributed by atoms with Crippen LogP contribution in [-0.2, 0) is 9.84 Å². The van der Waals surface area contributed by atoms with Crippen LogP contribution in [0.1, 0.15) is 45.3 Å². The van der Waals surface area contributed by atoms with Gasteiger partial charge >= 0.3 is 0 Å². The van der Waals surface area contributed by atoms with Gasteiger partial charge in [0.05, 0.1) is 28.5 Å². The van der Waals surface area contributed by atoms with E-state index in [1.54, 1.807) is 17.0 Å². The summed E-state index contributed by atoms with van der Waals surface area (Å²) in [6.45, 7) is 3.85. The van der Waals surface area contributed by atoms with Gasteiger partial charge in [0.2, 0.25) is 5.76 Å². The van der Waals surface area contributed by atoms with Gasteiger partial charge in [-0.3, -0.25) is 9.59 Å². The van der Waals surface area contributed by atoms with E-state index in [-0.39, 0.29) is 28.3 Å². The van der Waals surface area contributed by atoms with Gasteiger partial charge in [-0.1, -0.05) is 28.1 Å². The minimum Gasteiger partial charge on any atom is -0.450 e. The Hall–Kier alpha value is -2.45. The van der Waals surface area contributed by atoms with Crippen molar-refractivity contribution in [3.05, 3.63) is 79.1 Å². The number of hydrogen-bond donors (Lipinski definition) is 0. The summed E-state index contributed by atoms with van der Waals surface area (Å²) in [5.74, 6) is -0.488. The summed E-state index contributed by atoms with van der Waals surface area (Å²) in [5, 5.41) is 0.428. The number of halogens is 1. The molecule has 3 heterocycles. The van der Waals surface area contributed by atoms with Crippen molar-refractivity contribution < 1.29 is 17.6 Å². The molecule has 3 aromatic rings. The highest BCUT2D eigenvalue weighted by atomic mass is 79.9. The molecule has 0 aliphatic carbocycles. The van der Waals surface area contributed by atoms with Gasteiger partial charge in [0.25, 0.3) is 5.91 Å². The molecular weight excluding hydrogens is 482 g/mol. The van der Waals surface area contributed by atoms with Crippen LogP contribution in [0.4, 0.5) is 0 Å². The van der Waals surface area contributed by atoms with E-state index in [1.165, 1.54) is 0 Å². The van der Waals surface area contributed by atoms with Crippen molar-refractivity contribution >= 4 is 42.6 Å². The molecule has 0 N–H and O–H groups in total. The van der Waals surface area contributed by atoms with Crippen LogP contribution in [0.2, 0.25) is 0 Å². The lowest BCUT2D eigenvalue weighted by Crippen LogP contribution is -2.40. The Morgan fingerprint density at radius 2 is 1.74 bits per heavy atom. The third-order valence-corrected chi connectivity index (χ3v) is 8.59. The van der Waals surface area contributed by atoms with Crippen molar-refractivity contribution in [3.63, 3.8) is 0 Å². The lowest BCUT2D eigenvalue weighted by molar-refractivity contribution is 0.0662. The molecular formula is C23H20BrNO5S. The van der Waals surface area contributed by atoms with Crippen LogP contribution in [0.3, 0.4) is 0 Å². The van der Waals surface area contributed by atoms with E-state index in [1.807, 2.05) is 38.1 Å². The van der Waals surface area contributed by atoms with Crippen LogP contribution in [-0.4, -0.2) is 36.8 Å². The minimum absolute atomic E-state index is 0.0120. The Balaban J connectivity index is 1.77. The molecule has 1 fully saturated rings. The summed E-state index contributed by atoms with van der Waals surface area (Å²) in [6.07, 6.45) is 0.348. The standard InChI is InChI=1S/C23H20BrNO5S/c1-12-9-17-18(10-13(12)2)30-22-19(21(17)26)20(14-3-5-15(24)6-4-14)25(23(22)27)16-7-8-31(28,29)11-16/h3-6,9-10,16,20H,7-8,11H2,1-2H3/t16-,20-/m0/s1. The second kappa shape index (κ2) is 7.03. The number of nitrogens with zero attached hydrogens (tertiary/aromatic N) is 1. The fourth-order valence-corrected chi connectivity index (χ4v) is 6.56. The summed E-state index contributed by atoms with van der Waals surface area (Å²) in [6, 6.07) is 9.76. The van der Waals surface area contributed by atoms with E-state index in [0.29, 0.717) is 17.4 Å². The van der Waals surface area contributed by atoms with Crippen molar-refractivity contribution in [2.45, 2.75) is 32.4 Å². The Bertz CT molecular complexity index is 1410. The van der Waals surface area contributed by atoms with E-state index in [2.05, 4.69) is 15.9 Å². The zero-order valence-corrected chi connectivity index (χ0v) is 19.4.